The van der Waals surface area contributed by atoms with Crippen LogP contribution in [0.5, 0.6) is 0 Å². The fourth-order valence-electron chi connectivity index (χ4n) is 1.37. The summed E-state index contributed by atoms with van der Waals surface area (Å²) in [7, 11) is 1.91. The second kappa shape index (κ2) is 5.50. The Hall–Kier alpha value is -1.36. The van der Waals surface area contributed by atoms with Crippen LogP contribution in [-0.2, 0) is 18.4 Å². The summed E-state index contributed by atoms with van der Waals surface area (Å²) >= 11 is 0. The number of carbonyl (C=O) groups is 1. The third kappa shape index (κ3) is 4.12. The minimum absolute atomic E-state index is 0.00867. The van der Waals surface area contributed by atoms with Gasteiger partial charge in [0.25, 0.3) is 0 Å². The number of carbonyl (C=O) groups excluding carboxylic acids is 1. The summed E-state index contributed by atoms with van der Waals surface area (Å²) in [5.41, 5.74) is 2.24. The van der Waals surface area contributed by atoms with Crippen molar-refractivity contribution >= 4 is 5.91 Å². The highest BCUT2D eigenvalue weighted by atomic mass is 16.1. The lowest BCUT2D eigenvalue weighted by molar-refractivity contribution is -0.118. The standard InChI is InChI=1S/C10H18N4O/c1-8-10(7-14(3)13-8)6-11-4-5-12-9(2)15/h7,11H,4-6H2,1-3H3,(H,12,15). The lowest BCUT2D eigenvalue weighted by Crippen LogP contribution is -2.29. The first kappa shape index (κ1) is 11.7. The minimum atomic E-state index is 0.00867. The van der Waals surface area contributed by atoms with E-state index in [2.05, 4.69) is 15.7 Å². The molecular formula is C10H18N4O. The molecule has 0 aromatic carbocycles. The molecule has 1 aromatic heterocycles. The smallest absolute Gasteiger partial charge is 0.216 e. The number of nitrogens with one attached hydrogen (secondary N) is 2. The maximum atomic E-state index is 10.6. The van der Waals surface area contributed by atoms with Crippen molar-refractivity contribution in [2.45, 2.75) is 20.4 Å². The van der Waals surface area contributed by atoms with Crippen molar-refractivity contribution in [2.24, 2.45) is 7.05 Å². The molecule has 84 valence electrons. The zero-order chi connectivity index (χ0) is 11.3. The summed E-state index contributed by atoms with van der Waals surface area (Å²) in [6.07, 6.45) is 2.00. The first-order valence-electron chi connectivity index (χ1n) is 5.04. The van der Waals surface area contributed by atoms with E-state index in [0.717, 1.165) is 18.8 Å². The molecule has 0 spiro atoms. The van der Waals surface area contributed by atoms with E-state index in [0.29, 0.717) is 6.54 Å². The number of hydrogen-bond acceptors (Lipinski definition) is 3. The molecule has 1 aromatic rings. The molecule has 1 amide bonds. The van der Waals surface area contributed by atoms with Crippen molar-refractivity contribution < 1.29 is 4.79 Å². The van der Waals surface area contributed by atoms with Crippen LogP contribution >= 0.6 is 0 Å². The third-order valence-electron chi connectivity index (χ3n) is 2.11. The summed E-state index contributed by atoms with van der Waals surface area (Å²) < 4.78 is 1.81. The average Bonchev–Trinajstić information content (AvgIpc) is 2.44. The Kier molecular flexibility index (Phi) is 4.30. The Labute approximate surface area is 89.9 Å². The zero-order valence-electron chi connectivity index (χ0n) is 9.50. The van der Waals surface area contributed by atoms with E-state index in [1.165, 1.54) is 12.5 Å². The Balaban J connectivity index is 2.20. The summed E-state index contributed by atoms with van der Waals surface area (Å²) in [4.78, 5) is 10.6. The van der Waals surface area contributed by atoms with Crippen molar-refractivity contribution in [2.75, 3.05) is 13.1 Å². The van der Waals surface area contributed by atoms with Gasteiger partial charge in [-0.2, -0.15) is 5.10 Å². The van der Waals surface area contributed by atoms with Gasteiger partial charge in [0.05, 0.1) is 5.69 Å². The number of rotatable bonds is 5. The van der Waals surface area contributed by atoms with Crippen LogP contribution in [0.1, 0.15) is 18.2 Å². The Bertz CT molecular complexity index is 332. The first-order valence-corrected chi connectivity index (χ1v) is 5.04. The van der Waals surface area contributed by atoms with Crippen LogP contribution in [0.2, 0.25) is 0 Å². The van der Waals surface area contributed by atoms with Crippen molar-refractivity contribution in [1.29, 1.82) is 0 Å². The maximum absolute atomic E-state index is 10.6. The molecule has 2 N–H and O–H groups in total. The molecule has 0 radical (unpaired) electrons. The lowest BCUT2D eigenvalue weighted by Gasteiger charge is -2.04. The van der Waals surface area contributed by atoms with E-state index in [1.54, 1.807) is 4.68 Å². The third-order valence-corrected chi connectivity index (χ3v) is 2.11. The van der Waals surface area contributed by atoms with Gasteiger partial charge in [-0.1, -0.05) is 0 Å². The van der Waals surface area contributed by atoms with Gasteiger partial charge < -0.3 is 10.6 Å². The largest absolute Gasteiger partial charge is 0.355 e. The average molecular weight is 210 g/mol. The minimum Gasteiger partial charge on any atom is -0.355 e. The zero-order valence-corrected chi connectivity index (χ0v) is 9.50. The van der Waals surface area contributed by atoms with Crippen LogP contribution in [0.4, 0.5) is 0 Å². The molecule has 0 unspecified atom stereocenters. The molecular weight excluding hydrogens is 192 g/mol. The van der Waals surface area contributed by atoms with Crippen LogP contribution in [0, 0.1) is 6.92 Å². The van der Waals surface area contributed by atoms with Gasteiger partial charge in [-0.05, 0) is 6.92 Å². The van der Waals surface area contributed by atoms with E-state index < -0.39 is 0 Å². The van der Waals surface area contributed by atoms with Gasteiger partial charge in [-0.15, -0.1) is 0 Å². The number of aryl methyl sites for hydroxylation is 2. The van der Waals surface area contributed by atoms with Gasteiger partial charge in [0, 0.05) is 45.4 Å². The Morgan fingerprint density at radius 3 is 2.80 bits per heavy atom. The highest BCUT2D eigenvalue weighted by Crippen LogP contribution is 2.02. The lowest BCUT2D eigenvalue weighted by atomic mass is 10.2. The highest BCUT2D eigenvalue weighted by molar-refractivity contribution is 5.72. The number of nitrogens with zero attached hydrogens (tertiary/aromatic N) is 2. The van der Waals surface area contributed by atoms with Gasteiger partial charge in [-0.3, -0.25) is 9.48 Å². The van der Waals surface area contributed by atoms with Crippen LogP contribution < -0.4 is 10.6 Å². The second-order valence-corrected chi connectivity index (χ2v) is 3.57. The van der Waals surface area contributed by atoms with Gasteiger partial charge >= 0.3 is 0 Å². The van der Waals surface area contributed by atoms with E-state index in [9.17, 15) is 4.79 Å². The van der Waals surface area contributed by atoms with Gasteiger partial charge in [0.2, 0.25) is 5.91 Å². The molecule has 0 aliphatic heterocycles. The fourth-order valence-corrected chi connectivity index (χ4v) is 1.37. The van der Waals surface area contributed by atoms with Crippen LogP contribution in [0.15, 0.2) is 6.20 Å². The van der Waals surface area contributed by atoms with Crippen LogP contribution in [0.25, 0.3) is 0 Å². The maximum Gasteiger partial charge on any atom is 0.216 e. The Morgan fingerprint density at radius 2 is 2.27 bits per heavy atom. The molecule has 5 nitrogen and oxygen atoms in total. The molecule has 1 heterocycles. The van der Waals surface area contributed by atoms with Crippen molar-refractivity contribution in [1.82, 2.24) is 20.4 Å². The Morgan fingerprint density at radius 1 is 1.53 bits per heavy atom. The molecule has 1 rings (SSSR count). The van der Waals surface area contributed by atoms with E-state index in [-0.39, 0.29) is 5.91 Å². The normalized spacial score (nSPS) is 10.3. The van der Waals surface area contributed by atoms with Crippen LogP contribution in [-0.4, -0.2) is 28.8 Å². The van der Waals surface area contributed by atoms with Gasteiger partial charge in [0.1, 0.15) is 0 Å². The molecule has 0 saturated heterocycles. The fraction of sp³-hybridized carbons (Fsp3) is 0.600. The monoisotopic (exact) mass is 210 g/mol. The molecule has 0 aliphatic carbocycles. The van der Waals surface area contributed by atoms with E-state index in [1.807, 2.05) is 20.2 Å². The quantitative estimate of drug-likeness (QED) is 0.670. The summed E-state index contributed by atoms with van der Waals surface area (Å²) in [5, 5.41) is 10.2. The predicted octanol–water partition coefficient (Wildman–Crippen LogP) is -0.0458. The molecule has 5 heteroatoms. The molecule has 0 atom stereocenters. The SMILES string of the molecule is CC(=O)NCCNCc1cn(C)nc1C. The highest BCUT2D eigenvalue weighted by Gasteiger charge is 2.01. The molecule has 0 bridgehead atoms. The van der Waals surface area contributed by atoms with Crippen molar-refractivity contribution in [3.05, 3.63) is 17.5 Å². The van der Waals surface area contributed by atoms with Crippen LogP contribution in [0.3, 0.4) is 0 Å². The molecule has 15 heavy (non-hydrogen) atoms. The molecule has 0 saturated carbocycles. The van der Waals surface area contributed by atoms with Gasteiger partial charge in [0.15, 0.2) is 0 Å². The van der Waals surface area contributed by atoms with Crippen molar-refractivity contribution in [3.63, 3.8) is 0 Å². The summed E-state index contributed by atoms with van der Waals surface area (Å²) in [5.74, 6) is 0.00867. The molecule has 0 aliphatic rings. The second-order valence-electron chi connectivity index (χ2n) is 3.57. The predicted molar refractivity (Wildman–Crippen MR) is 58.3 cm³/mol. The van der Waals surface area contributed by atoms with E-state index in [4.69, 9.17) is 0 Å². The number of aromatic nitrogens is 2. The summed E-state index contributed by atoms with van der Waals surface area (Å²) in [6, 6.07) is 0. The molecule has 0 fully saturated rings. The first-order chi connectivity index (χ1) is 7.09. The van der Waals surface area contributed by atoms with Gasteiger partial charge in [-0.25, -0.2) is 0 Å². The number of hydrogen-bond donors (Lipinski definition) is 2. The topological polar surface area (TPSA) is 59.0 Å². The summed E-state index contributed by atoms with van der Waals surface area (Å²) in [6.45, 7) is 5.73. The van der Waals surface area contributed by atoms with E-state index >= 15 is 0 Å². The number of amides is 1. The van der Waals surface area contributed by atoms with Crippen molar-refractivity contribution in [3.8, 4) is 0 Å².